The first kappa shape index (κ1) is 22.0. The van der Waals surface area contributed by atoms with Crippen LogP contribution in [-0.4, -0.2) is 4.98 Å². The molecular weight excluding hydrogens is 432 g/mol. The van der Waals surface area contributed by atoms with E-state index in [0.717, 1.165) is 33.5 Å². The molecule has 35 heavy (non-hydrogen) atoms. The van der Waals surface area contributed by atoms with Crippen LogP contribution in [0.3, 0.4) is 0 Å². The number of hydrogen-bond donors (Lipinski definition) is 1. The van der Waals surface area contributed by atoms with E-state index in [1.807, 2.05) is 105 Å². The van der Waals surface area contributed by atoms with E-state index in [2.05, 4.69) is 16.2 Å². The largest absolute Gasteiger partial charge is 0.321 e. The third-order valence-corrected chi connectivity index (χ3v) is 6.10. The number of rotatable bonds is 4. The zero-order valence-electron chi connectivity index (χ0n) is 19.4. The zero-order chi connectivity index (χ0) is 24.4. The summed E-state index contributed by atoms with van der Waals surface area (Å²) >= 11 is 0. The van der Waals surface area contributed by atoms with Gasteiger partial charge < -0.3 is 4.98 Å². The molecule has 5 aromatic rings. The minimum absolute atomic E-state index is 0.0532. The van der Waals surface area contributed by atoms with Gasteiger partial charge in [-0.1, -0.05) is 84.9 Å². The van der Waals surface area contributed by atoms with E-state index in [-0.39, 0.29) is 5.56 Å². The fourth-order valence-corrected chi connectivity index (χ4v) is 4.39. The van der Waals surface area contributed by atoms with Crippen molar-refractivity contribution in [1.82, 2.24) is 4.98 Å². The molecule has 0 unspecified atom stereocenters. The second-order valence-electron chi connectivity index (χ2n) is 8.37. The third kappa shape index (κ3) is 4.03. The molecule has 0 fully saturated rings. The molecule has 0 radical (unpaired) electrons. The standard InChI is InChI=1S/C30H22N4O/c1-19-10-9-11-20(2)28(19)33-34-29-23(21-12-5-3-6-13-21)16-17-25-27(29)26(22-14-7-4-8-15-22)24(18-31)30(35)32-25/h3-17H,1-2H3,(H,32,35). The number of azo groups is 1. The van der Waals surface area contributed by atoms with Gasteiger partial charge in [0.25, 0.3) is 5.56 Å². The van der Waals surface area contributed by atoms with Crippen LogP contribution >= 0.6 is 0 Å². The summed E-state index contributed by atoms with van der Waals surface area (Å²) in [6.07, 6.45) is 0. The maximum Gasteiger partial charge on any atom is 0.266 e. The van der Waals surface area contributed by atoms with E-state index >= 15 is 0 Å². The topological polar surface area (TPSA) is 81.4 Å². The van der Waals surface area contributed by atoms with Crippen molar-refractivity contribution in [2.75, 3.05) is 0 Å². The lowest BCUT2D eigenvalue weighted by Crippen LogP contribution is -2.12. The van der Waals surface area contributed by atoms with Crippen molar-refractivity contribution in [2.24, 2.45) is 10.2 Å². The number of benzene rings is 4. The molecule has 5 heteroatoms. The molecule has 168 valence electrons. The molecule has 1 N–H and O–H groups in total. The number of aromatic amines is 1. The molecule has 5 nitrogen and oxygen atoms in total. The lowest BCUT2D eigenvalue weighted by atomic mass is 9.92. The monoisotopic (exact) mass is 454 g/mol. The van der Waals surface area contributed by atoms with E-state index in [4.69, 9.17) is 5.11 Å². The van der Waals surface area contributed by atoms with Gasteiger partial charge in [0.15, 0.2) is 0 Å². The number of nitriles is 1. The summed E-state index contributed by atoms with van der Waals surface area (Å²) < 4.78 is 0. The Hall–Kier alpha value is -4.82. The number of fused-ring (bicyclic) bond motifs is 1. The molecule has 4 aromatic carbocycles. The molecule has 5 rings (SSSR count). The Morgan fingerprint density at radius 1 is 0.714 bits per heavy atom. The molecule has 0 amide bonds. The van der Waals surface area contributed by atoms with Gasteiger partial charge in [-0.25, -0.2) is 0 Å². The number of nitrogens with one attached hydrogen (secondary N) is 1. The van der Waals surface area contributed by atoms with E-state index in [9.17, 15) is 10.1 Å². The molecular formula is C30H22N4O. The van der Waals surface area contributed by atoms with Crippen LogP contribution in [0.4, 0.5) is 11.4 Å². The lowest BCUT2D eigenvalue weighted by Gasteiger charge is -2.14. The van der Waals surface area contributed by atoms with E-state index in [1.54, 1.807) is 0 Å². The molecule has 1 aromatic heterocycles. The first-order valence-corrected chi connectivity index (χ1v) is 11.3. The summed E-state index contributed by atoms with van der Waals surface area (Å²) in [4.78, 5) is 15.7. The summed E-state index contributed by atoms with van der Waals surface area (Å²) in [6, 6.07) is 31.3. The minimum atomic E-state index is -0.427. The Bertz CT molecular complexity index is 1660. The van der Waals surface area contributed by atoms with Crippen LogP contribution in [0.5, 0.6) is 0 Å². The Morgan fingerprint density at radius 3 is 1.94 bits per heavy atom. The molecule has 1 heterocycles. The lowest BCUT2D eigenvalue weighted by molar-refractivity contribution is 1.19. The highest BCUT2D eigenvalue weighted by Gasteiger charge is 2.20. The van der Waals surface area contributed by atoms with Crippen molar-refractivity contribution in [3.8, 4) is 28.3 Å². The summed E-state index contributed by atoms with van der Waals surface area (Å²) in [6.45, 7) is 4.01. The first-order chi connectivity index (χ1) is 17.1. The van der Waals surface area contributed by atoms with Crippen molar-refractivity contribution in [2.45, 2.75) is 13.8 Å². The van der Waals surface area contributed by atoms with Gasteiger partial charge in [-0.2, -0.15) is 5.26 Å². The minimum Gasteiger partial charge on any atom is -0.321 e. The molecule has 0 saturated carbocycles. The number of pyridine rings is 1. The van der Waals surface area contributed by atoms with Crippen LogP contribution in [-0.2, 0) is 0 Å². The summed E-state index contributed by atoms with van der Waals surface area (Å²) in [5, 5.41) is 20.1. The Morgan fingerprint density at radius 2 is 1.31 bits per heavy atom. The summed E-state index contributed by atoms with van der Waals surface area (Å²) in [5.74, 6) is 0. The van der Waals surface area contributed by atoms with Crippen molar-refractivity contribution >= 4 is 22.3 Å². The van der Waals surface area contributed by atoms with Gasteiger partial charge in [0, 0.05) is 16.5 Å². The zero-order valence-corrected chi connectivity index (χ0v) is 19.4. The predicted molar refractivity (Wildman–Crippen MR) is 140 cm³/mol. The molecule has 0 atom stereocenters. The first-order valence-electron chi connectivity index (χ1n) is 11.3. The normalized spacial score (nSPS) is 11.1. The van der Waals surface area contributed by atoms with Gasteiger partial charge in [-0.05, 0) is 42.2 Å². The highest BCUT2D eigenvalue weighted by molar-refractivity contribution is 6.08. The van der Waals surface area contributed by atoms with Gasteiger partial charge in [0.05, 0.1) is 11.2 Å². The maximum atomic E-state index is 12.9. The summed E-state index contributed by atoms with van der Waals surface area (Å²) in [5.41, 5.74) is 6.82. The van der Waals surface area contributed by atoms with Crippen LogP contribution in [0.1, 0.15) is 16.7 Å². The molecule has 0 saturated heterocycles. The van der Waals surface area contributed by atoms with Gasteiger partial charge in [-0.15, -0.1) is 10.2 Å². The van der Waals surface area contributed by atoms with Crippen molar-refractivity contribution in [3.63, 3.8) is 0 Å². The number of nitrogens with zero attached hydrogens (tertiary/aromatic N) is 3. The van der Waals surface area contributed by atoms with Gasteiger partial charge >= 0.3 is 0 Å². The van der Waals surface area contributed by atoms with Gasteiger partial charge in [-0.3, -0.25) is 4.79 Å². The SMILES string of the molecule is Cc1cccc(C)c1N=Nc1c(-c2ccccc2)ccc2[nH]c(=O)c(C#N)c(-c3ccccc3)c12. The average molecular weight is 455 g/mol. The van der Waals surface area contributed by atoms with Crippen LogP contribution < -0.4 is 5.56 Å². The molecule has 0 aliphatic carbocycles. The number of H-pyrrole nitrogens is 1. The smallest absolute Gasteiger partial charge is 0.266 e. The second-order valence-corrected chi connectivity index (χ2v) is 8.37. The second kappa shape index (κ2) is 9.20. The summed E-state index contributed by atoms with van der Waals surface area (Å²) in [7, 11) is 0. The van der Waals surface area contributed by atoms with Crippen LogP contribution in [0.25, 0.3) is 33.2 Å². The molecule has 0 aliphatic heterocycles. The molecule has 0 aliphatic rings. The van der Waals surface area contributed by atoms with E-state index in [1.165, 1.54) is 0 Å². The van der Waals surface area contributed by atoms with Crippen molar-refractivity contribution in [3.05, 3.63) is 118 Å². The quantitative estimate of drug-likeness (QED) is 0.281. The molecule has 0 spiro atoms. The molecule has 0 bridgehead atoms. The van der Waals surface area contributed by atoms with E-state index < -0.39 is 5.56 Å². The predicted octanol–water partition coefficient (Wildman–Crippen LogP) is 7.77. The maximum absolute atomic E-state index is 12.9. The van der Waals surface area contributed by atoms with Crippen LogP contribution in [0.15, 0.2) is 106 Å². The Kier molecular flexibility index (Phi) is 5.78. The van der Waals surface area contributed by atoms with Crippen LogP contribution in [0.2, 0.25) is 0 Å². The van der Waals surface area contributed by atoms with Crippen molar-refractivity contribution in [1.29, 1.82) is 5.26 Å². The Balaban J connectivity index is 1.93. The highest BCUT2D eigenvalue weighted by Crippen LogP contribution is 2.43. The fourth-order valence-electron chi connectivity index (χ4n) is 4.39. The Labute approximate surface area is 203 Å². The van der Waals surface area contributed by atoms with E-state index in [0.29, 0.717) is 22.2 Å². The average Bonchev–Trinajstić information content (AvgIpc) is 2.88. The number of aryl methyl sites for hydroxylation is 2. The van der Waals surface area contributed by atoms with Crippen LogP contribution in [0, 0.1) is 25.2 Å². The van der Waals surface area contributed by atoms with Gasteiger partial charge in [0.1, 0.15) is 17.3 Å². The highest BCUT2D eigenvalue weighted by atomic mass is 16.1. The third-order valence-electron chi connectivity index (χ3n) is 6.10. The fraction of sp³-hybridized carbons (Fsp3) is 0.0667. The number of aromatic nitrogens is 1. The van der Waals surface area contributed by atoms with Crippen molar-refractivity contribution < 1.29 is 0 Å². The number of hydrogen-bond acceptors (Lipinski definition) is 4. The van der Waals surface area contributed by atoms with Gasteiger partial charge in [0.2, 0.25) is 0 Å².